The SMILES string of the molecule is CCN1CCN(c2ccc(F)cc2C(C)NC(=O)Nc2ccc(N3CCOCC3)cc2C)CC1. The number of ether oxygens (including phenoxy) is 1. The average molecular weight is 470 g/mol. The van der Waals surface area contributed by atoms with E-state index in [-0.39, 0.29) is 17.9 Å². The molecule has 2 aromatic rings. The number of nitrogens with one attached hydrogen (secondary N) is 2. The largest absolute Gasteiger partial charge is 0.378 e. The molecule has 2 aliphatic rings. The third kappa shape index (κ3) is 5.80. The molecule has 0 saturated carbocycles. The molecule has 0 spiro atoms. The number of morpholine rings is 1. The van der Waals surface area contributed by atoms with Crippen molar-refractivity contribution in [3.63, 3.8) is 0 Å². The van der Waals surface area contributed by atoms with Gasteiger partial charge in [0.25, 0.3) is 0 Å². The third-order valence-corrected chi connectivity index (χ3v) is 6.80. The van der Waals surface area contributed by atoms with E-state index >= 15 is 0 Å². The first-order valence-corrected chi connectivity index (χ1v) is 12.2. The quantitative estimate of drug-likeness (QED) is 0.670. The number of benzene rings is 2. The van der Waals surface area contributed by atoms with Gasteiger partial charge in [0, 0.05) is 61.9 Å². The molecule has 2 aliphatic heterocycles. The molecular weight excluding hydrogens is 433 g/mol. The van der Waals surface area contributed by atoms with Gasteiger partial charge in [-0.05, 0) is 62.4 Å². The summed E-state index contributed by atoms with van der Waals surface area (Å²) in [7, 11) is 0. The van der Waals surface area contributed by atoms with Gasteiger partial charge in [0.1, 0.15) is 5.82 Å². The minimum Gasteiger partial charge on any atom is -0.378 e. The first kappa shape index (κ1) is 24.3. The smallest absolute Gasteiger partial charge is 0.319 e. The predicted octanol–water partition coefficient (Wildman–Crippen LogP) is 4.00. The molecule has 2 N–H and O–H groups in total. The van der Waals surface area contributed by atoms with Crippen LogP contribution < -0.4 is 20.4 Å². The normalized spacial score (nSPS) is 18.0. The summed E-state index contributed by atoms with van der Waals surface area (Å²) in [6, 6.07) is 10.3. The maximum atomic E-state index is 14.2. The fraction of sp³-hybridized carbons (Fsp3) is 0.500. The third-order valence-electron chi connectivity index (χ3n) is 6.80. The van der Waals surface area contributed by atoms with Gasteiger partial charge in [0.2, 0.25) is 0 Å². The van der Waals surface area contributed by atoms with Gasteiger partial charge in [-0.3, -0.25) is 0 Å². The lowest BCUT2D eigenvalue weighted by atomic mass is 10.0. The average Bonchev–Trinajstić information content (AvgIpc) is 2.86. The second-order valence-corrected chi connectivity index (χ2v) is 9.04. The summed E-state index contributed by atoms with van der Waals surface area (Å²) in [5, 5.41) is 5.96. The van der Waals surface area contributed by atoms with Crippen molar-refractivity contribution >= 4 is 23.1 Å². The Morgan fingerprint density at radius 1 is 1.03 bits per heavy atom. The molecule has 1 unspecified atom stereocenters. The minimum atomic E-state index is -0.345. The van der Waals surface area contributed by atoms with E-state index in [1.54, 1.807) is 0 Å². The molecule has 2 amide bonds. The summed E-state index contributed by atoms with van der Waals surface area (Å²) in [5.74, 6) is -0.297. The van der Waals surface area contributed by atoms with Crippen molar-refractivity contribution in [2.45, 2.75) is 26.8 Å². The number of amides is 2. The highest BCUT2D eigenvalue weighted by Crippen LogP contribution is 2.29. The maximum absolute atomic E-state index is 14.2. The monoisotopic (exact) mass is 469 g/mol. The highest BCUT2D eigenvalue weighted by atomic mass is 19.1. The summed E-state index contributed by atoms with van der Waals surface area (Å²) in [6.45, 7) is 14.0. The van der Waals surface area contributed by atoms with Crippen LogP contribution in [-0.4, -0.2) is 70.0 Å². The number of rotatable bonds is 6. The van der Waals surface area contributed by atoms with Gasteiger partial charge >= 0.3 is 6.03 Å². The Hall–Kier alpha value is -2.84. The van der Waals surface area contributed by atoms with Crippen molar-refractivity contribution in [1.29, 1.82) is 0 Å². The van der Waals surface area contributed by atoms with Gasteiger partial charge in [-0.2, -0.15) is 0 Å². The molecular formula is C26H36FN5O2. The molecule has 7 nitrogen and oxygen atoms in total. The second-order valence-electron chi connectivity index (χ2n) is 9.04. The second kappa shape index (κ2) is 11.1. The standard InChI is InChI=1S/C26H36FN5O2/c1-4-30-9-11-32(12-10-30)25-8-5-21(27)18-23(25)20(3)28-26(33)29-24-7-6-22(17-19(24)2)31-13-15-34-16-14-31/h5-8,17-18,20H,4,9-16H2,1-3H3,(H2,28,29,33). The number of aryl methyl sites for hydroxylation is 1. The molecule has 2 fully saturated rings. The Balaban J connectivity index is 1.41. The Labute approximate surface area is 201 Å². The number of hydrogen-bond acceptors (Lipinski definition) is 5. The molecule has 0 radical (unpaired) electrons. The van der Waals surface area contributed by atoms with Crippen LogP contribution >= 0.6 is 0 Å². The van der Waals surface area contributed by atoms with E-state index in [0.29, 0.717) is 0 Å². The number of carbonyl (C=O) groups is 1. The van der Waals surface area contributed by atoms with Gasteiger partial charge in [0.15, 0.2) is 0 Å². The number of carbonyl (C=O) groups excluding carboxylic acids is 1. The number of piperazine rings is 1. The first-order chi connectivity index (χ1) is 16.4. The van der Waals surface area contributed by atoms with Crippen molar-refractivity contribution in [2.75, 3.05) is 74.1 Å². The molecule has 2 aromatic carbocycles. The minimum absolute atomic E-state index is 0.297. The molecule has 34 heavy (non-hydrogen) atoms. The topological polar surface area (TPSA) is 60.1 Å². The van der Waals surface area contributed by atoms with Crippen LogP contribution in [0.2, 0.25) is 0 Å². The van der Waals surface area contributed by atoms with Crippen molar-refractivity contribution < 1.29 is 13.9 Å². The van der Waals surface area contributed by atoms with Crippen LogP contribution in [0.25, 0.3) is 0 Å². The van der Waals surface area contributed by atoms with Crippen molar-refractivity contribution in [2.24, 2.45) is 0 Å². The van der Waals surface area contributed by atoms with E-state index in [1.165, 1.54) is 12.1 Å². The van der Waals surface area contributed by atoms with Crippen LogP contribution in [0.1, 0.15) is 31.0 Å². The molecule has 184 valence electrons. The number of nitrogens with zero attached hydrogens (tertiary/aromatic N) is 3. The van der Waals surface area contributed by atoms with E-state index in [9.17, 15) is 9.18 Å². The summed E-state index contributed by atoms with van der Waals surface area (Å²) in [5.41, 5.74) is 4.66. The molecule has 1 atom stereocenters. The Bertz CT molecular complexity index is 987. The summed E-state index contributed by atoms with van der Waals surface area (Å²) < 4.78 is 19.6. The lowest BCUT2D eigenvalue weighted by Crippen LogP contribution is -2.46. The van der Waals surface area contributed by atoms with Gasteiger partial charge in [0.05, 0.1) is 19.3 Å². The van der Waals surface area contributed by atoms with Crippen molar-refractivity contribution in [3.05, 3.63) is 53.3 Å². The van der Waals surface area contributed by atoms with E-state index in [2.05, 4.69) is 38.3 Å². The fourth-order valence-corrected chi connectivity index (χ4v) is 4.70. The molecule has 8 heteroatoms. The number of halogens is 1. The van der Waals surface area contributed by atoms with Crippen LogP contribution in [0, 0.1) is 12.7 Å². The molecule has 0 aliphatic carbocycles. The highest BCUT2D eigenvalue weighted by Gasteiger charge is 2.22. The van der Waals surface area contributed by atoms with E-state index < -0.39 is 0 Å². The molecule has 0 aromatic heterocycles. The maximum Gasteiger partial charge on any atom is 0.319 e. The van der Waals surface area contributed by atoms with Crippen LogP contribution in [0.15, 0.2) is 36.4 Å². The van der Waals surface area contributed by atoms with E-state index in [4.69, 9.17) is 4.74 Å². The van der Waals surface area contributed by atoms with Crippen LogP contribution in [0.4, 0.5) is 26.2 Å². The number of urea groups is 1. The number of anilines is 3. The summed E-state index contributed by atoms with van der Waals surface area (Å²) in [4.78, 5) is 19.8. The zero-order valence-corrected chi connectivity index (χ0v) is 20.4. The van der Waals surface area contributed by atoms with Crippen molar-refractivity contribution in [3.8, 4) is 0 Å². The molecule has 2 heterocycles. The van der Waals surface area contributed by atoms with E-state index in [1.807, 2.05) is 32.0 Å². The van der Waals surface area contributed by atoms with Crippen LogP contribution in [-0.2, 0) is 4.74 Å². The Morgan fingerprint density at radius 2 is 1.76 bits per heavy atom. The number of likely N-dealkylation sites (N-methyl/N-ethyl adjacent to an activating group) is 1. The Morgan fingerprint density at radius 3 is 2.44 bits per heavy atom. The van der Waals surface area contributed by atoms with Gasteiger partial charge in [-0.15, -0.1) is 0 Å². The van der Waals surface area contributed by atoms with E-state index in [0.717, 1.165) is 87.2 Å². The zero-order chi connectivity index (χ0) is 24.1. The fourth-order valence-electron chi connectivity index (χ4n) is 4.70. The lowest BCUT2D eigenvalue weighted by molar-refractivity contribution is 0.122. The molecule has 2 saturated heterocycles. The predicted molar refractivity (Wildman–Crippen MR) is 136 cm³/mol. The summed E-state index contributed by atoms with van der Waals surface area (Å²) >= 11 is 0. The van der Waals surface area contributed by atoms with Gasteiger partial charge in [-0.1, -0.05) is 6.92 Å². The first-order valence-electron chi connectivity index (χ1n) is 12.2. The molecule has 0 bridgehead atoms. The lowest BCUT2D eigenvalue weighted by Gasteiger charge is -2.37. The summed E-state index contributed by atoms with van der Waals surface area (Å²) in [6.07, 6.45) is 0. The van der Waals surface area contributed by atoms with Crippen LogP contribution in [0.5, 0.6) is 0 Å². The van der Waals surface area contributed by atoms with Crippen LogP contribution in [0.3, 0.4) is 0 Å². The highest BCUT2D eigenvalue weighted by molar-refractivity contribution is 5.90. The number of hydrogen-bond donors (Lipinski definition) is 2. The zero-order valence-electron chi connectivity index (χ0n) is 20.4. The Kier molecular flexibility index (Phi) is 7.90. The van der Waals surface area contributed by atoms with Gasteiger partial charge in [-0.25, -0.2) is 9.18 Å². The van der Waals surface area contributed by atoms with Crippen molar-refractivity contribution in [1.82, 2.24) is 10.2 Å². The molecule has 4 rings (SSSR count). The van der Waals surface area contributed by atoms with Gasteiger partial charge < -0.3 is 30.1 Å².